The van der Waals surface area contributed by atoms with Crippen molar-refractivity contribution in [3.63, 3.8) is 0 Å². The first kappa shape index (κ1) is 33.4. The van der Waals surface area contributed by atoms with Crippen molar-refractivity contribution in [3.8, 4) is 5.75 Å². The van der Waals surface area contributed by atoms with E-state index in [0.29, 0.717) is 30.7 Å². The van der Waals surface area contributed by atoms with Crippen LogP contribution in [0.5, 0.6) is 5.75 Å². The maximum Gasteiger partial charge on any atom is 0.265 e. The highest BCUT2D eigenvalue weighted by Gasteiger charge is 2.47. The zero-order valence-corrected chi connectivity index (χ0v) is 28.8. The Morgan fingerprint density at radius 3 is 2.33 bits per heavy atom. The second-order valence-corrected chi connectivity index (χ2v) is 17.0. The van der Waals surface area contributed by atoms with Crippen LogP contribution in [0.15, 0.2) is 101 Å². The number of rotatable bonds is 7. The fraction of sp³-hybridized carbons (Fsp3) is 0.324. The number of benzene rings is 4. The van der Waals surface area contributed by atoms with Gasteiger partial charge in [-0.3, -0.25) is 4.79 Å². The smallest absolute Gasteiger partial charge is 0.265 e. The molecular weight excluding hydrogens is 668 g/mol. The minimum absolute atomic E-state index is 0.0130. The third-order valence-electron chi connectivity index (χ3n) is 9.82. The van der Waals surface area contributed by atoms with Crippen LogP contribution in [0.3, 0.4) is 0 Å². The molecule has 4 aromatic rings. The number of nitrogens with zero attached hydrogens (tertiary/aromatic N) is 1. The summed E-state index contributed by atoms with van der Waals surface area (Å²) in [6, 6.07) is 23.7. The molecule has 256 valence electrons. The lowest BCUT2D eigenvalue weighted by Gasteiger charge is -2.49. The predicted molar refractivity (Wildman–Crippen MR) is 180 cm³/mol. The van der Waals surface area contributed by atoms with E-state index in [1.165, 1.54) is 46.8 Å². The maximum atomic E-state index is 13.5. The first-order valence-electron chi connectivity index (χ1n) is 16.3. The Hall–Kier alpha value is -4.10. The number of hydrogen-bond acceptors (Lipinski definition) is 7. The molecule has 1 fully saturated rings. The number of hydrogen-bond donors (Lipinski definition) is 1. The third kappa shape index (κ3) is 6.62. The molecule has 0 aromatic heterocycles. The van der Waals surface area contributed by atoms with Crippen LogP contribution < -0.4 is 9.46 Å². The lowest BCUT2D eigenvalue weighted by atomic mass is 9.74. The lowest BCUT2D eigenvalue weighted by molar-refractivity contribution is -0.149. The average Bonchev–Trinajstić information content (AvgIpc) is 3.08. The molecule has 3 heterocycles. The first-order valence-corrected chi connectivity index (χ1v) is 19.2. The third-order valence-corrected chi connectivity index (χ3v) is 13.0. The minimum Gasteiger partial charge on any atom is -0.487 e. The van der Waals surface area contributed by atoms with E-state index < -0.39 is 37.7 Å². The Morgan fingerprint density at radius 2 is 1.59 bits per heavy atom. The van der Waals surface area contributed by atoms with Crippen LogP contribution in [-0.4, -0.2) is 45.3 Å². The fourth-order valence-corrected chi connectivity index (χ4v) is 9.53. The van der Waals surface area contributed by atoms with Gasteiger partial charge in [0.1, 0.15) is 17.2 Å². The molecule has 4 aromatic carbocycles. The molecule has 3 aliphatic heterocycles. The molecule has 0 radical (unpaired) electrons. The average molecular weight is 705 g/mol. The Bertz CT molecular complexity index is 2120. The van der Waals surface area contributed by atoms with E-state index in [1.54, 1.807) is 24.3 Å². The molecule has 1 N–H and O–H groups in total. The van der Waals surface area contributed by atoms with Crippen molar-refractivity contribution in [2.45, 2.75) is 73.7 Å². The Morgan fingerprint density at radius 1 is 0.898 bits per heavy atom. The summed E-state index contributed by atoms with van der Waals surface area (Å²) < 4.78 is 83.3. The van der Waals surface area contributed by atoms with E-state index in [-0.39, 0.29) is 39.7 Å². The Kier molecular flexibility index (Phi) is 8.63. The zero-order chi connectivity index (χ0) is 34.6. The summed E-state index contributed by atoms with van der Waals surface area (Å²) in [5.74, 6) is -0.597. The van der Waals surface area contributed by atoms with Crippen molar-refractivity contribution in [3.05, 3.63) is 125 Å². The second-order valence-electron chi connectivity index (χ2n) is 13.4. The minimum atomic E-state index is -4.34. The predicted octanol–water partition coefficient (Wildman–Crippen LogP) is 5.94. The summed E-state index contributed by atoms with van der Waals surface area (Å²) in [5.41, 5.74) is 3.23. The largest absolute Gasteiger partial charge is 0.487 e. The number of ether oxygens (including phenoxy) is 2. The summed E-state index contributed by atoms with van der Waals surface area (Å²) >= 11 is 0. The number of carbonyl (C=O) groups excluding carboxylic acids is 1. The number of carbonyl (C=O) groups is 1. The van der Waals surface area contributed by atoms with Gasteiger partial charge in [0.05, 0.1) is 22.0 Å². The van der Waals surface area contributed by atoms with Gasteiger partial charge in [-0.25, -0.2) is 25.9 Å². The van der Waals surface area contributed by atoms with Gasteiger partial charge < -0.3 is 9.47 Å². The van der Waals surface area contributed by atoms with Crippen LogP contribution in [0.2, 0.25) is 0 Å². The van der Waals surface area contributed by atoms with Crippen LogP contribution >= 0.6 is 0 Å². The Balaban J connectivity index is 1.07. The maximum absolute atomic E-state index is 13.5. The van der Waals surface area contributed by atoms with Crippen LogP contribution in [0.4, 0.5) is 4.39 Å². The van der Waals surface area contributed by atoms with Crippen molar-refractivity contribution >= 4 is 26.0 Å². The van der Waals surface area contributed by atoms with Gasteiger partial charge in [-0.05, 0) is 111 Å². The van der Waals surface area contributed by atoms with Crippen LogP contribution in [0, 0.1) is 11.7 Å². The number of nitrogens with one attached hydrogen (secondary N) is 1. The molecule has 0 saturated carbocycles. The molecule has 1 saturated heterocycles. The molecule has 9 nitrogen and oxygen atoms in total. The molecule has 0 spiro atoms. The number of sulfonamides is 2. The highest BCUT2D eigenvalue weighted by atomic mass is 32.2. The van der Waals surface area contributed by atoms with Crippen LogP contribution in [0.25, 0.3) is 0 Å². The first-order chi connectivity index (χ1) is 23.3. The van der Waals surface area contributed by atoms with Gasteiger partial charge in [-0.15, -0.1) is 0 Å². The van der Waals surface area contributed by atoms with E-state index in [1.807, 2.05) is 38.1 Å². The summed E-state index contributed by atoms with van der Waals surface area (Å²) in [5, 5.41) is 0. The normalized spacial score (nSPS) is 21.8. The summed E-state index contributed by atoms with van der Waals surface area (Å²) in [6.45, 7) is 4.57. The van der Waals surface area contributed by atoms with Gasteiger partial charge in [-0.2, -0.15) is 4.31 Å². The van der Waals surface area contributed by atoms with E-state index in [4.69, 9.17) is 9.47 Å². The van der Waals surface area contributed by atoms with Crippen LogP contribution in [0.1, 0.15) is 65.4 Å². The molecule has 0 unspecified atom stereocenters. The van der Waals surface area contributed by atoms with Crippen LogP contribution in [-0.2, 0) is 44.2 Å². The Labute approximate surface area is 286 Å². The van der Waals surface area contributed by atoms with Gasteiger partial charge in [0.15, 0.2) is 0 Å². The van der Waals surface area contributed by atoms with Gasteiger partial charge >= 0.3 is 0 Å². The van der Waals surface area contributed by atoms with Gasteiger partial charge in [-0.1, -0.05) is 36.4 Å². The van der Waals surface area contributed by atoms with Crippen molar-refractivity contribution in [2.75, 3.05) is 6.54 Å². The molecule has 12 heteroatoms. The standard InChI is InChI=1S/C37H37FN2O7S2/c1-37(2)33-17-12-29(21-24-7-10-28(38)11-8-24)46-35(33)32-22-26(9-18-34(32)47-37)36(41)39-48(42,43)30-13-15-31(16-14-30)49(44,45)40-20-19-25-5-3-4-6-27(25)23-40/h3-11,13-16,18,22,29,33,35H,12,17,19-21,23H2,1-2H3,(H,39,41)/t29-,33+,35-/m0/s1. The highest BCUT2D eigenvalue weighted by molar-refractivity contribution is 7.90. The monoisotopic (exact) mass is 704 g/mol. The summed E-state index contributed by atoms with van der Waals surface area (Å²) in [7, 11) is -8.21. The van der Waals surface area contributed by atoms with Gasteiger partial charge in [0, 0.05) is 30.1 Å². The molecule has 0 bridgehead atoms. The van der Waals surface area contributed by atoms with E-state index >= 15 is 0 Å². The molecule has 49 heavy (non-hydrogen) atoms. The second kappa shape index (κ2) is 12.7. The zero-order valence-electron chi connectivity index (χ0n) is 27.1. The fourth-order valence-electron chi connectivity index (χ4n) is 7.14. The molecule has 7 rings (SSSR count). The van der Waals surface area contributed by atoms with Crippen molar-refractivity contribution in [1.29, 1.82) is 0 Å². The summed E-state index contributed by atoms with van der Waals surface area (Å²) in [4.78, 5) is 13.1. The van der Waals surface area contributed by atoms with E-state index in [2.05, 4.69) is 4.72 Å². The topological polar surface area (TPSA) is 119 Å². The molecular formula is C37H37FN2O7S2. The van der Waals surface area contributed by atoms with Crippen molar-refractivity contribution in [1.82, 2.24) is 9.03 Å². The number of halogens is 1. The van der Waals surface area contributed by atoms with Gasteiger partial charge in [0.2, 0.25) is 10.0 Å². The molecule has 0 aliphatic carbocycles. The van der Waals surface area contributed by atoms with Crippen molar-refractivity contribution < 1.29 is 35.5 Å². The number of amides is 1. The van der Waals surface area contributed by atoms with E-state index in [0.717, 1.165) is 29.5 Å². The molecule has 3 atom stereocenters. The number of fused-ring (bicyclic) bond motifs is 4. The van der Waals surface area contributed by atoms with Crippen molar-refractivity contribution in [2.24, 2.45) is 5.92 Å². The highest BCUT2D eigenvalue weighted by Crippen LogP contribution is 2.51. The van der Waals surface area contributed by atoms with Gasteiger partial charge in [0.25, 0.3) is 15.9 Å². The molecule has 3 aliphatic rings. The molecule has 1 amide bonds. The summed E-state index contributed by atoms with van der Waals surface area (Å²) in [6.07, 6.45) is 2.25. The van der Waals surface area contributed by atoms with E-state index in [9.17, 15) is 26.0 Å². The lowest BCUT2D eigenvalue weighted by Crippen LogP contribution is -2.48. The SMILES string of the molecule is CC1(C)Oc2ccc(C(=O)NS(=O)(=O)c3ccc(S(=O)(=O)N4CCc5ccccc5C4)cc3)cc2[C@@H]2O[C@H](Cc3ccc(F)cc3)CC[C@H]21. The quantitative estimate of drug-likeness (QED) is 0.253.